The number of hydrogen-bond acceptors (Lipinski definition) is 2. The highest BCUT2D eigenvalue weighted by Crippen LogP contribution is 2.35. The maximum Gasteiger partial charge on any atom is 0.126 e. The Bertz CT molecular complexity index is 286. The molecule has 0 saturated carbocycles. The van der Waals surface area contributed by atoms with Crippen molar-refractivity contribution in [3.05, 3.63) is 35.9 Å². The highest BCUT2D eigenvalue weighted by molar-refractivity contribution is 5.21. The van der Waals surface area contributed by atoms with E-state index in [-0.39, 0.29) is 11.7 Å². The van der Waals surface area contributed by atoms with Crippen LogP contribution in [0.2, 0.25) is 0 Å². The van der Waals surface area contributed by atoms with Crippen LogP contribution in [0, 0.1) is 0 Å². The van der Waals surface area contributed by atoms with Crippen molar-refractivity contribution < 1.29 is 9.78 Å². The standard InChI is InChI=1S/C12H16O2/c1-10-8-9-12(2,14-13-10)11-6-4-3-5-7-11/h3-7,10H,8-9H2,1-2H3. The summed E-state index contributed by atoms with van der Waals surface area (Å²) in [6.07, 6.45) is 2.27. The van der Waals surface area contributed by atoms with Crippen LogP contribution in [0.1, 0.15) is 32.3 Å². The number of rotatable bonds is 1. The smallest absolute Gasteiger partial charge is 0.126 e. The summed E-state index contributed by atoms with van der Waals surface area (Å²) >= 11 is 0. The monoisotopic (exact) mass is 192 g/mol. The van der Waals surface area contributed by atoms with Crippen LogP contribution < -0.4 is 0 Å². The van der Waals surface area contributed by atoms with Gasteiger partial charge in [-0.05, 0) is 32.3 Å². The van der Waals surface area contributed by atoms with Crippen molar-refractivity contribution in [2.45, 2.75) is 38.4 Å². The molecule has 1 heterocycles. The highest BCUT2D eigenvalue weighted by atomic mass is 17.2. The summed E-state index contributed by atoms with van der Waals surface area (Å²) in [5, 5.41) is 0. The van der Waals surface area contributed by atoms with Crippen LogP contribution in [-0.4, -0.2) is 6.10 Å². The first kappa shape index (κ1) is 9.69. The van der Waals surface area contributed by atoms with E-state index in [0.29, 0.717) is 0 Å². The summed E-state index contributed by atoms with van der Waals surface area (Å²) in [4.78, 5) is 10.7. The summed E-state index contributed by atoms with van der Waals surface area (Å²) in [6.45, 7) is 4.11. The fraction of sp³-hybridized carbons (Fsp3) is 0.500. The van der Waals surface area contributed by atoms with Gasteiger partial charge in [0.2, 0.25) is 0 Å². The lowest BCUT2D eigenvalue weighted by Gasteiger charge is -2.35. The third kappa shape index (κ3) is 1.81. The third-order valence-electron chi connectivity index (χ3n) is 2.81. The molecule has 2 atom stereocenters. The first-order valence-electron chi connectivity index (χ1n) is 5.11. The minimum Gasteiger partial charge on any atom is -0.233 e. The largest absolute Gasteiger partial charge is 0.233 e. The van der Waals surface area contributed by atoms with Gasteiger partial charge in [-0.25, -0.2) is 9.78 Å². The van der Waals surface area contributed by atoms with Gasteiger partial charge in [-0.1, -0.05) is 30.3 Å². The van der Waals surface area contributed by atoms with Crippen LogP contribution in [0.3, 0.4) is 0 Å². The summed E-state index contributed by atoms with van der Waals surface area (Å²) in [5.74, 6) is 0. The molecule has 2 unspecified atom stereocenters. The summed E-state index contributed by atoms with van der Waals surface area (Å²) in [6, 6.07) is 10.2. The Kier molecular flexibility index (Phi) is 2.57. The Morgan fingerprint density at radius 1 is 1.29 bits per heavy atom. The second-order valence-corrected chi connectivity index (χ2v) is 4.13. The highest BCUT2D eigenvalue weighted by Gasteiger charge is 2.33. The second-order valence-electron chi connectivity index (χ2n) is 4.13. The second kappa shape index (κ2) is 3.71. The molecule has 1 aliphatic heterocycles. The predicted molar refractivity (Wildman–Crippen MR) is 54.7 cm³/mol. The molecule has 0 spiro atoms. The lowest BCUT2D eigenvalue weighted by Crippen LogP contribution is -2.34. The Labute approximate surface area is 84.8 Å². The van der Waals surface area contributed by atoms with E-state index in [0.717, 1.165) is 12.8 Å². The maximum atomic E-state index is 5.46. The van der Waals surface area contributed by atoms with Crippen molar-refractivity contribution >= 4 is 0 Å². The molecule has 0 amide bonds. The van der Waals surface area contributed by atoms with Crippen molar-refractivity contribution in [1.82, 2.24) is 0 Å². The fourth-order valence-electron chi connectivity index (χ4n) is 1.74. The van der Waals surface area contributed by atoms with Crippen molar-refractivity contribution in [3.63, 3.8) is 0 Å². The van der Waals surface area contributed by atoms with Gasteiger partial charge >= 0.3 is 0 Å². The van der Waals surface area contributed by atoms with Gasteiger partial charge in [-0.15, -0.1) is 0 Å². The zero-order valence-electron chi connectivity index (χ0n) is 8.69. The van der Waals surface area contributed by atoms with E-state index in [1.165, 1.54) is 5.56 Å². The van der Waals surface area contributed by atoms with E-state index in [1.807, 2.05) is 25.1 Å². The summed E-state index contributed by atoms with van der Waals surface area (Å²) in [7, 11) is 0. The molecule has 2 nitrogen and oxygen atoms in total. The summed E-state index contributed by atoms with van der Waals surface area (Å²) < 4.78 is 0. The molecular formula is C12H16O2. The lowest BCUT2D eigenvalue weighted by atomic mass is 9.89. The molecule has 14 heavy (non-hydrogen) atoms. The Hall–Kier alpha value is -0.860. The molecule has 2 heteroatoms. The Morgan fingerprint density at radius 2 is 2.00 bits per heavy atom. The van der Waals surface area contributed by atoms with E-state index in [2.05, 4.69) is 19.1 Å². The molecular weight excluding hydrogens is 176 g/mol. The number of hydrogen-bond donors (Lipinski definition) is 0. The van der Waals surface area contributed by atoms with Crippen LogP contribution in [-0.2, 0) is 15.4 Å². The van der Waals surface area contributed by atoms with Gasteiger partial charge < -0.3 is 0 Å². The van der Waals surface area contributed by atoms with Gasteiger partial charge in [0, 0.05) is 0 Å². The van der Waals surface area contributed by atoms with Crippen molar-refractivity contribution in [1.29, 1.82) is 0 Å². The zero-order chi connectivity index (χ0) is 10.0. The predicted octanol–water partition coefficient (Wildman–Crippen LogP) is 3.03. The molecule has 0 aromatic heterocycles. The molecule has 0 N–H and O–H groups in total. The third-order valence-corrected chi connectivity index (χ3v) is 2.81. The molecule has 2 rings (SSSR count). The topological polar surface area (TPSA) is 18.5 Å². The zero-order valence-corrected chi connectivity index (χ0v) is 8.69. The quantitative estimate of drug-likeness (QED) is 0.637. The molecule has 1 aromatic rings. The number of benzene rings is 1. The first-order chi connectivity index (χ1) is 6.71. The van der Waals surface area contributed by atoms with Gasteiger partial charge in [-0.3, -0.25) is 0 Å². The average Bonchev–Trinajstić information content (AvgIpc) is 2.24. The summed E-state index contributed by atoms with van der Waals surface area (Å²) in [5.41, 5.74) is 0.917. The van der Waals surface area contributed by atoms with Gasteiger partial charge in [-0.2, -0.15) is 0 Å². The van der Waals surface area contributed by atoms with Gasteiger partial charge in [0.05, 0.1) is 6.10 Å². The molecule has 1 aromatic carbocycles. The molecule has 76 valence electrons. The first-order valence-corrected chi connectivity index (χ1v) is 5.11. The van der Waals surface area contributed by atoms with Gasteiger partial charge in [0.15, 0.2) is 0 Å². The normalized spacial score (nSPS) is 32.9. The van der Waals surface area contributed by atoms with Crippen LogP contribution in [0.4, 0.5) is 0 Å². The minimum atomic E-state index is -0.270. The van der Waals surface area contributed by atoms with Crippen LogP contribution in [0.15, 0.2) is 30.3 Å². The van der Waals surface area contributed by atoms with E-state index in [4.69, 9.17) is 9.78 Å². The molecule has 1 saturated heterocycles. The maximum absolute atomic E-state index is 5.46. The molecule has 1 aliphatic rings. The van der Waals surface area contributed by atoms with Gasteiger partial charge in [0.25, 0.3) is 0 Å². The van der Waals surface area contributed by atoms with Crippen LogP contribution in [0.25, 0.3) is 0 Å². The van der Waals surface area contributed by atoms with E-state index >= 15 is 0 Å². The minimum absolute atomic E-state index is 0.215. The molecule has 1 fully saturated rings. The van der Waals surface area contributed by atoms with Crippen molar-refractivity contribution in [2.24, 2.45) is 0 Å². The average molecular weight is 192 g/mol. The van der Waals surface area contributed by atoms with E-state index < -0.39 is 0 Å². The molecule has 0 bridgehead atoms. The van der Waals surface area contributed by atoms with E-state index in [1.54, 1.807) is 0 Å². The fourth-order valence-corrected chi connectivity index (χ4v) is 1.74. The lowest BCUT2D eigenvalue weighted by molar-refractivity contribution is -0.407. The molecule has 0 aliphatic carbocycles. The Morgan fingerprint density at radius 3 is 2.57 bits per heavy atom. The Balaban J connectivity index is 2.17. The molecule has 0 radical (unpaired) electrons. The van der Waals surface area contributed by atoms with E-state index in [9.17, 15) is 0 Å². The van der Waals surface area contributed by atoms with Crippen molar-refractivity contribution in [3.8, 4) is 0 Å². The SMILES string of the molecule is CC1CCC(C)(c2ccccc2)OO1. The van der Waals surface area contributed by atoms with Crippen LogP contribution >= 0.6 is 0 Å². The van der Waals surface area contributed by atoms with Crippen molar-refractivity contribution in [2.75, 3.05) is 0 Å². The van der Waals surface area contributed by atoms with Gasteiger partial charge in [0.1, 0.15) is 5.60 Å². The van der Waals surface area contributed by atoms with Crippen LogP contribution in [0.5, 0.6) is 0 Å².